The molecule has 0 bridgehead atoms. The van der Waals surface area contributed by atoms with Crippen LogP contribution in [-0.2, 0) is 0 Å². The summed E-state index contributed by atoms with van der Waals surface area (Å²) in [6, 6.07) is 38.9. The van der Waals surface area contributed by atoms with Crippen LogP contribution in [0.25, 0.3) is 0 Å². The minimum absolute atomic E-state index is 0.534. The molecule has 1 heterocycles. The Morgan fingerprint density at radius 3 is 0.902 bits per heavy atom. The molecule has 266 valence electrons. The molecule has 0 aromatic heterocycles. The second kappa shape index (κ2) is 15.6. The molecule has 9 nitrogen and oxygen atoms in total. The summed E-state index contributed by atoms with van der Waals surface area (Å²) in [6.07, 6.45) is 0. The van der Waals surface area contributed by atoms with Crippen molar-refractivity contribution in [3.63, 3.8) is 0 Å². The summed E-state index contributed by atoms with van der Waals surface area (Å²) >= 11 is 0. The van der Waals surface area contributed by atoms with E-state index in [1.807, 2.05) is 156 Å². The SMILES string of the molecule is CCN(CC)P1(Oc2ccc(C)cc2)=NP(Oc2ccc(C)cc2)(Oc2ccc(C)cc2)=NP(Oc2ccc(C)cc2)(Oc2ccc(C)cc2)=N1. The first-order chi connectivity index (χ1) is 24.5. The molecule has 1 aliphatic heterocycles. The summed E-state index contributed by atoms with van der Waals surface area (Å²) in [5, 5.41) is 0. The van der Waals surface area contributed by atoms with Crippen molar-refractivity contribution < 1.29 is 22.6 Å². The van der Waals surface area contributed by atoms with Crippen LogP contribution in [0.4, 0.5) is 0 Å². The minimum atomic E-state index is -3.79. The second-order valence-corrected chi connectivity index (χ2v) is 19.0. The van der Waals surface area contributed by atoms with Crippen LogP contribution in [0.15, 0.2) is 135 Å². The molecule has 0 amide bonds. The topological polar surface area (TPSA) is 86.5 Å². The van der Waals surface area contributed by atoms with Gasteiger partial charge in [-0.25, -0.2) is 4.67 Å². The summed E-state index contributed by atoms with van der Waals surface area (Å²) in [4.78, 5) is 0. The lowest BCUT2D eigenvalue weighted by Crippen LogP contribution is -2.23. The van der Waals surface area contributed by atoms with E-state index in [2.05, 4.69) is 18.5 Å². The Morgan fingerprint density at radius 2 is 0.627 bits per heavy atom. The second-order valence-electron chi connectivity index (χ2n) is 12.4. The highest BCUT2D eigenvalue weighted by Crippen LogP contribution is 2.79. The maximum atomic E-state index is 7.06. The largest absolute Gasteiger partial charge is 0.459 e. The van der Waals surface area contributed by atoms with E-state index in [1.165, 1.54) is 0 Å². The fraction of sp³-hybridized carbons (Fsp3) is 0.231. The molecule has 6 rings (SSSR count). The van der Waals surface area contributed by atoms with Gasteiger partial charge in [-0.3, -0.25) is 0 Å². The van der Waals surface area contributed by atoms with Gasteiger partial charge in [0.05, 0.1) is 0 Å². The molecule has 1 aliphatic rings. The average molecular weight is 743 g/mol. The number of nitrogens with zero attached hydrogens (tertiary/aromatic N) is 4. The van der Waals surface area contributed by atoms with Gasteiger partial charge < -0.3 is 22.6 Å². The van der Waals surface area contributed by atoms with Crippen molar-refractivity contribution in [2.75, 3.05) is 13.1 Å². The van der Waals surface area contributed by atoms with Crippen LogP contribution in [0.3, 0.4) is 0 Å². The van der Waals surface area contributed by atoms with E-state index in [0.717, 1.165) is 27.8 Å². The van der Waals surface area contributed by atoms with Crippen molar-refractivity contribution in [2.45, 2.75) is 48.5 Å². The number of rotatable bonds is 13. The number of hydrogen-bond acceptors (Lipinski definition) is 9. The third kappa shape index (κ3) is 8.98. The van der Waals surface area contributed by atoms with Gasteiger partial charge in [-0.15, -0.1) is 9.03 Å². The summed E-state index contributed by atoms with van der Waals surface area (Å²) in [5.74, 6) is 2.74. The maximum absolute atomic E-state index is 7.06. The van der Waals surface area contributed by atoms with Gasteiger partial charge in [0, 0.05) is 13.1 Å². The lowest BCUT2D eigenvalue weighted by Gasteiger charge is -2.37. The fourth-order valence-electron chi connectivity index (χ4n) is 5.16. The van der Waals surface area contributed by atoms with Crippen LogP contribution < -0.4 is 22.6 Å². The molecule has 0 N–H and O–H groups in total. The van der Waals surface area contributed by atoms with Crippen molar-refractivity contribution in [1.82, 2.24) is 4.67 Å². The van der Waals surface area contributed by atoms with E-state index in [1.54, 1.807) is 0 Å². The van der Waals surface area contributed by atoms with Crippen LogP contribution in [-0.4, -0.2) is 17.8 Å². The van der Waals surface area contributed by atoms with Gasteiger partial charge in [0.1, 0.15) is 28.7 Å². The zero-order valence-electron chi connectivity index (χ0n) is 30.1. The molecule has 51 heavy (non-hydrogen) atoms. The van der Waals surface area contributed by atoms with E-state index in [9.17, 15) is 0 Å². The van der Waals surface area contributed by atoms with E-state index in [0.29, 0.717) is 41.8 Å². The van der Waals surface area contributed by atoms with E-state index in [4.69, 9.17) is 36.2 Å². The zero-order chi connectivity index (χ0) is 36.1. The first kappa shape index (κ1) is 36.5. The summed E-state index contributed by atoms with van der Waals surface area (Å²) < 4.78 is 53.2. The first-order valence-electron chi connectivity index (χ1n) is 17.0. The molecule has 0 saturated carbocycles. The summed E-state index contributed by atoms with van der Waals surface area (Å²) in [5.41, 5.74) is 5.44. The van der Waals surface area contributed by atoms with Crippen LogP contribution in [0, 0.1) is 34.6 Å². The quantitative estimate of drug-likeness (QED) is 0.112. The molecule has 5 aromatic rings. The van der Waals surface area contributed by atoms with Crippen LogP contribution in [0.1, 0.15) is 41.7 Å². The fourth-order valence-corrected chi connectivity index (χ4v) is 15.3. The Hall–Kier alpha value is -4.25. The van der Waals surface area contributed by atoms with E-state index >= 15 is 0 Å². The van der Waals surface area contributed by atoms with Crippen molar-refractivity contribution in [1.29, 1.82) is 0 Å². The molecule has 0 radical (unpaired) electrons. The Balaban J connectivity index is 1.71. The monoisotopic (exact) mass is 742 g/mol. The van der Waals surface area contributed by atoms with Gasteiger partial charge in [0.15, 0.2) is 0 Å². The molecule has 12 heteroatoms. The number of aryl methyl sites for hydroxylation is 5. The Morgan fingerprint density at radius 1 is 0.373 bits per heavy atom. The molecule has 0 aliphatic carbocycles. The highest BCUT2D eigenvalue weighted by molar-refractivity contribution is 7.79. The molecule has 1 atom stereocenters. The molecular formula is C39H45N4O5P3. The smallest absolute Gasteiger partial charge is 0.430 e. The standard InChI is InChI=1S/C39H45N4O5P3/c1-8-43(9-2)49(44-35-20-10-30(3)11-21-35)40-50(45-36-22-12-31(4)13-23-36,46-37-24-14-32(5)15-25-37)42-51(41-49,47-38-26-16-33(6)17-27-38)48-39-28-18-34(7)19-29-39/h10-29H,8-9H2,1-7H3. The van der Waals surface area contributed by atoms with Crippen molar-refractivity contribution >= 4 is 22.9 Å². The third-order valence-electron chi connectivity index (χ3n) is 8.01. The Labute approximate surface area is 302 Å². The maximum Gasteiger partial charge on any atom is 0.459 e. The minimum Gasteiger partial charge on any atom is -0.430 e. The Kier molecular flexibility index (Phi) is 11.1. The highest BCUT2D eigenvalue weighted by Gasteiger charge is 2.49. The number of hydrogen-bond donors (Lipinski definition) is 0. The predicted octanol–water partition coefficient (Wildman–Crippen LogP) is 13.1. The van der Waals surface area contributed by atoms with Crippen LogP contribution in [0.5, 0.6) is 28.7 Å². The van der Waals surface area contributed by atoms with Gasteiger partial charge in [-0.05, 0) is 95.3 Å². The van der Waals surface area contributed by atoms with Crippen molar-refractivity contribution in [2.24, 2.45) is 13.5 Å². The molecule has 0 spiro atoms. The van der Waals surface area contributed by atoms with Crippen LogP contribution in [0.2, 0.25) is 0 Å². The molecule has 5 aromatic carbocycles. The van der Waals surface area contributed by atoms with Gasteiger partial charge in [0.25, 0.3) is 0 Å². The van der Waals surface area contributed by atoms with Gasteiger partial charge in [-0.1, -0.05) is 107 Å². The van der Waals surface area contributed by atoms with E-state index < -0.39 is 22.9 Å². The van der Waals surface area contributed by atoms with Gasteiger partial charge in [-0.2, -0.15) is 0 Å². The van der Waals surface area contributed by atoms with Crippen LogP contribution >= 0.6 is 22.9 Å². The van der Waals surface area contributed by atoms with Crippen molar-refractivity contribution in [3.8, 4) is 28.7 Å². The molecule has 0 fully saturated rings. The first-order valence-corrected chi connectivity index (χ1v) is 21.6. The highest BCUT2D eigenvalue weighted by atomic mass is 31.3. The van der Waals surface area contributed by atoms with E-state index in [-0.39, 0.29) is 0 Å². The average Bonchev–Trinajstić information content (AvgIpc) is 3.10. The Bertz CT molecular complexity index is 1910. The summed E-state index contributed by atoms with van der Waals surface area (Å²) in [7, 11) is -11.1. The predicted molar refractivity (Wildman–Crippen MR) is 210 cm³/mol. The third-order valence-corrected chi connectivity index (χ3v) is 17.0. The summed E-state index contributed by atoms with van der Waals surface area (Å²) in [6.45, 7) is 15.4. The van der Waals surface area contributed by atoms with Gasteiger partial charge >= 0.3 is 22.9 Å². The normalized spacial score (nSPS) is 17.3. The number of benzene rings is 5. The zero-order valence-corrected chi connectivity index (χ0v) is 32.8. The lowest BCUT2D eigenvalue weighted by molar-refractivity contribution is 0.424. The molecular weight excluding hydrogens is 697 g/mol. The molecule has 1 unspecified atom stereocenters. The molecule has 0 saturated heterocycles. The lowest BCUT2D eigenvalue weighted by atomic mass is 10.2. The van der Waals surface area contributed by atoms with Gasteiger partial charge in [0.2, 0.25) is 0 Å². The van der Waals surface area contributed by atoms with Crippen molar-refractivity contribution in [3.05, 3.63) is 149 Å².